The van der Waals surface area contributed by atoms with Crippen LogP contribution in [0, 0.1) is 5.92 Å². The first kappa shape index (κ1) is 24.2. The third-order valence-corrected chi connectivity index (χ3v) is 5.64. The minimum atomic E-state index is 0. The van der Waals surface area contributed by atoms with Crippen LogP contribution in [0.2, 0.25) is 0 Å². The summed E-state index contributed by atoms with van der Waals surface area (Å²) in [5, 5.41) is 3.24. The molecule has 1 aromatic carbocycles. The number of rotatable bonds is 6. The number of nitrogens with zero attached hydrogens (tertiary/aromatic N) is 2. The molecule has 0 aromatic heterocycles. The number of amides is 1. The van der Waals surface area contributed by atoms with Gasteiger partial charge in [-0.25, -0.2) is 0 Å². The summed E-state index contributed by atoms with van der Waals surface area (Å²) in [6.07, 6.45) is 4.69. The number of carbonyl (C=O) groups is 1. The van der Waals surface area contributed by atoms with Crippen molar-refractivity contribution in [1.29, 1.82) is 0 Å². The zero-order valence-electron chi connectivity index (χ0n) is 16.0. The Bertz CT molecular complexity index is 538. The molecule has 1 aliphatic carbocycles. The Balaban J connectivity index is 0.00000182. The molecule has 2 fully saturated rings. The zero-order chi connectivity index (χ0) is 17.5. The van der Waals surface area contributed by atoms with E-state index in [1.165, 1.54) is 18.4 Å². The van der Waals surface area contributed by atoms with Gasteiger partial charge in [0.1, 0.15) is 0 Å². The average Bonchev–Trinajstić information content (AvgIpc) is 2.64. The van der Waals surface area contributed by atoms with Crippen LogP contribution in [-0.4, -0.2) is 61.0 Å². The largest absolute Gasteiger partial charge is 0.352 e. The summed E-state index contributed by atoms with van der Waals surface area (Å²) in [6.45, 7) is 6.18. The maximum atomic E-state index is 12.4. The molecule has 1 saturated heterocycles. The first-order chi connectivity index (χ1) is 12.2. The molecule has 5 nitrogen and oxygen atoms in total. The van der Waals surface area contributed by atoms with Crippen LogP contribution < -0.4 is 11.1 Å². The third kappa shape index (κ3) is 7.59. The molecule has 1 amide bonds. The maximum absolute atomic E-state index is 12.4. The molecule has 3 N–H and O–H groups in total. The van der Waals surface area contributed by atoms with Crippen LogP contribution in [0.3, 0.4) is 0 Å². The van der Waals surface area contributed by atoms with Gasteiger partial charge in [0, 0.05) is 38.8 Å². The SMILES string of the molecule is Cl.Cl.NCC1CCCCC1NC(=O)CN1CCN(Cc2ccccc2)CC1. The molecule has 1 heterocycles. The molecule has 0 bridgehead atoms. The van der Waals surface area contributed by atoms with Crippen molar-refractivity contribution in [3.05, 3.63) is 35.9 Å². The standard InChI is InChI=1S/C20H32N4O.2ClH/c21-14-18-8-4-5-9-19(18)22-20(25)16-24-12-10-23(11-13-24)15-17-6-2-1-3-7-17;;/h1-3,6-7,18-19H,4-5,8-16,21H2,(H,22,25);2*1H. The number of hydrogen-bond acceptors (Lipinski definition) is 4. The summed E-state index contributed by atoms with van der Waals surface area (Å²) in [5.74, 6) is 0.627. The molecule has 7 heteroatoms. The van der Waals surface area contributed by atoms with Crippen molar-refractivity contribution in [3.63, 3.8) is 0 Å². The lowest BCUT2D eigenvalue weighted by Gasteiger charge is -2.35. The highest BCUT2D eigenvalue weighted by Gasteiger charge is 2.26. The van der Waals surface area contributed by atoms with Gasteiger partial charge >= 0.3 is 0 Å². The lowest BCUT2D eigenvalue weighted by molar-refractivity contribution is -0.124. The smallest absolute Gasteiger partial charge is 0.234 e. The van der Waals surface area contributed by atoms with Crippen molar-refractivity contribution < 1.29 is 4.79 Å². The molecule has 27 heavy (non-hydrogen) atoms. The summed E-state index contributed by atoms with van der Waals surface area (Å²) >= 11 is 0. The van der Waals surface area contributed by atoms with Gasteiger partial charge in [0.2, 0.25) is 5.91 Å². The Labute approximate surface area is 175 Å². The van der Waals surface area contributed by atoms with E-state index in [9.17, 15) is 4.79 Å². The molecule has 3 rings (SSSR count). The second-order valence-corrected chi connectivity index (χ2v) is 7.49. The predicted molar refractivity (Wildman–Crippen MR) is 116 cm³/mol. The molecular formula is C20H34Cl2N4O. The van der Waals surface area contributed by atoms with Crippen molar-refractivity contribution in [2.75, 3.05) is 39.3 Å². The van der Waals surface area contributed by atoms with Gasteiger partial charge in [-0.2, -0.15) is 0 Å². The fourth-order valence-electron chi connectivity index (χ4n) is 4.08. The molecule has 2 aliphatic rings. The van der Waals surface area contributed by atoms with Crippen LogP contribution in [0.25, 0.3) is 0 Å². The number of piperazine rings is 1. The van der Waals surface area contributed by atoms with Gasteiger partial charge in [0.15, 0.2) is 0 Å². The average molecular weight is 417 g/mol. The summed E-state index contributed by atoms with van der Waals surface area (Å²) in [7, 11) is 0. The summed E-state index contributed by atoms with van der Waals surface area (Å²) in [4.78, 5) is 17.1. The Kier molecular flexibility index (Phi) is 11.3. The molecule has 2 unspecified atom stereocenters. The number of carbonyl (C=O) groups excluding carboxylic acids is 1. The number of halogens is 2. The van der Waals surface area contributed by atoms with Crippen LogP contribution >= 0.6 is 24.8 Å². The van der Waals surface area contributed by atoms with Crippen LogP contribution in [0.1, 0.15) is 31.2 Å². The van der Waals surface area contributed by atoms with E-state index in [1.54, 1.807) is 0 Å². The van der Waals surface area contributed by atoms with E-state index in [4.69, 9.17) is 5.73 Å². The molecule has 0 radical (unpaired) electrons. The van der Waals surface area contributed by atoms with E-state index in [1.807, 2.05) is 0 Å². The van der Waals surface area contributed by atoms with Gasteiger partial charge in [-0.05, 0) is 30.9 Å². The Hall–Kier alpha value is -0.850. The van der Waals surface area contributed by atoms with E-state index in [0.717, 1.165) is 45.6 Å². The summed E-state index contributed by atoms with van der Waals surface area (Å²) in [6, 6.07) is 10.9. The van der Waals surface area contributed by atoms with E-state index in [2.05, 4.69) is 45.4 Å². The number of benzene rings is 1. The first-order valence-corrected chi connectivity index (χ1v) is 9.72. The lowest BCUT2D eigenvalue weighted by atomic mass is 9.84. The molecule has 154 valence electrons. The van der Waals surface area contributed by atoms with Crippen molar-refractivity contribution >= 4 is 30.7 Å². The predicted octanol–water partition coefficient (Wildman–Crippen LogP) is 2.28. The zero-order valence-corrected chi connectivity index (χ0v) is 17.6. The van der Waals surface area contributed by atoms with Gasteiger partial charge in [-0.3, -0.25) is 14.6 Å². The maximum Gasteiger partial charge on any atom is 0.234 e. The first-order valence-electron chi connectivity index (χ1n) is 9.72. The van der Waals surface area contributed by atoms with Crippen LogP contribution in [0.15, 0.2) is 30.3 Å². The molecule has 1 aliphatic heterocycles. The van der Waals surface area contributed by atoms with E-state index in [0.29, 0.717) is 19.0 Å². The monoisotopic (exact) mass is 416 g/mol. The number of nitrogens with two attached hydrogens (primary N) is 1. The van der Waals surface area contributed by atoms with Gasteiger partial charge < -0.3 is 11.1 Å². The lowest BCUT2D eigenvalue weighted by Crippen LogP contribution is -2.52. The Morgan fingerprint density at radius 2 is 1.63 bits per heavy atom. The second-order valence-electron chi connectivity index (χ2n) is 7.49. The van der Waals surface area contributed by atoms with Crippen molar-refractivity contribution in [2.45, 2.75) is 38.3 Å². The molecule has 1 aromatic rings. The minimum Gasteiger partial charge on any atom is -0.352 e. The Morgan fingerprint density at radius 1 is 1.00 bits per heavy atom. The summed E-state index contributed by atoms with van der Waals surface area (Å²) < 4.78 is 0. The van der Waals surface area contributed by atoms with Gasteiger partial charge in [-0.15, -0.1) is 24.8 Å². The molecule has 2 atom stereocenters. The normalized spacial score (nSPS) is 23.7. The van der Waals surface area contributed by atoms with Gasteiger partial charge in [-0.1, -0.05) is 43.2 Å². The highest BCUT2D eigenvalue weighted by Crippen LogP contribution is 2.23. The fourth-order valence-corrected chi connectivity index (χ4v) is 4.08. The van der Waals surface area contributed by atoms with Crippen LogP contribution in [0.5, 0.6) is 0 Å². The highest BCUT2D eigenvalue weighted by molar-refractivity contribution is 5.85. The van der Waals surface area contributed by atoms with E-state index < -0.39 is 0 Å². The Morgan fingerprint density at radius 3 is 2.30 bits per heavy atom. The molecule has 0 spiro atoms. The summed E-state index contributed by atoms with van der Waals surface area (Å²) in [5.41, 5.74) is 7.22. The molecule has 1 saturated carbocycles. The molecular weight excluding hydrogens is 383 g/mol. The van der Waals surface area contributed by atoms with Crippen LogP contribution in [-0.2, 0) is 11.3 Å². The number of hydrogen-bond donors (Lipinski definition) is 2. The third-order valence-electron chi connectivity index (χ3n) is 5.64. The topological polar surface area (TPSA) is 61.6 Å². The van der Waals surface area contributed by atoms with E-state index in [-0.39, 0.29) is 36.8 Å². The van der Waals surface area contributed by atoms with Crippen molar-refractivity contribution in [3.8, 4) is 0 Å². The quantitative estimate of drug-likeness (QED) is 0.746. The highest BCUT2D eigenvalue weighted by atomic mass is 35.5. The van der Waals surface area contributed by atoms with Crippen LogP contribution in [0.4, 0.5) is 0 Å². The second kappa shape index (κ2) is 12.6. The van der Waals surface area contributed by atoms with Gasteiger partial charge in [0.05, 0.1) is 6.54 Å². The van der Waals surface area contributed by atoms with Crippen molar-refractivity contribution in [2.24, 2.45) is 11.7 Å². The van der Waals surface area contributed by atoms with Crippen molar-refractivity contribution in [1.82, 2.24) is 15.1 Å². The van der Waals surface area contributed by atoms with E-state index >= 15 is 0 Å². The fraction of sp³-hybridized carbons (Fsp3) is 0.650. The number of nitrogens with one attached hydrogen (secondary N) is 1. The minimum absolute atomic E-state index is 0. The van der Waals surface area contributed by atoms with Gasteiger partial charge in [0.25, 0.3) is 0 Å².